The number of carboxylic acids is 1. The summed E-state index contributed by atoms with van der Waals surface area (Å²) in [5.41, 5.74) is 1.64. The van der Waals surface area contributed by atoms with E-state index >= 15 is 0 Å². The zero-order chi connectivity index (χ0) is 21.3. The predicted molar refractivity (Wildman–Crippen MR) is 113 cm³/mol. The van der Waals surface area contributed by atoms with Crippen molar-refractivity contribution in [1.82, 2.24) is 15.1 Å². The van der Waals surface area contributed by atoms with Crippen molar-refractivity contribution >= 4 is 17.7 Å². The molecule has 1 aliphatic heterocycles. The molecule has 7 nitrogen and oxygen atoms in total. The first-order valence-electron chi connectivity index (χ1n) is 9.85. The summed E-state index contributed by atoms with van der Waals surface area (Å²) in [4.78, 5) is 24.8. The van der Waals surface area contributed by atoms with E-state index in [1.165, 1.54) is 6.20 Å². The molecule has 1 amide bonds. The molecule has 0 aliphatic carbocycles. The number of carbonyl (C=O) groups is 2. The molecule has 30 heavy (non-hydrogen) atoms. The van der Waals surface area contributed by atoms with E-state index in [4.69, 9.17) is 0 Å². The molecule has 2 heterocycles. The van der Waals surface area contributed by atoms with E-state index in [0.29, 0.717) is 16.9 Å². The molecular formula is C23H24N4O3. The van der Waals surface area contributed by atoms with E-state index in [-0.39, 0.29) is 11.6 Å². The molecule has 1 aromatic heterocycles. The minimum atomic E-state index is -1.14. The quantitative estimate of drug-likeness (QED) is 0.602. The Bertz CT molecular complexity index is 1060. The number of carbonyl (C=O) groups excluding carboxylic acids is 1. The smallest absolute Gasteiger partial charge is 0.330 e. The van der Waals surface area contributed by atoms with Gasteiger partial charge in [-0.15, -0.1) is 0 Å². The topological polar surface area (TPSA) is 96.2 Å². The van der Waals surface area contributed by atoms with Crippen LogP contribution >= 0.6 is 0 Å². The van der Waals surface area contributed by atoms with Gasteiger partial charge in [0.25, 0.3) is 5.91 Å². The van der Waals surface area contributed by atoms with Crippen molar-refractivity contribution in [3.05, 3.63) is 83.6 Å². The zero-order valence-corrected chi connectivity index (χ0v) is 16.9. The van der Waals surface area contributed by atoms with Crippen LogP contribution < -0.4 is 10.6 Å². The molecule has 0 radical (unpaired) electrons. The van der Waals surface area contributed by atoms with E-state index in [0.717, 1.165) is 12.0 Å². The van der Waals surface area contributed by atoms with E-state index < -0.39 is 17.9 Å². The van der Waals surface area contributed by atoms with Gasteiger partial charge in [-0.2, -0.15) is 5.10 Å². The largest absolute Gasteiger partial charge is 0.479 e. The highest BCUT2D eigenvalue weighted by Crippen LogP contribution is 2.39. The van der Waals surface area contributed by atoms with Crippen LogP contribution in [0.25, 0.3) is 0 Å². The van der Waals surface area contributed by atoms with E-state index in [9.17, 15) is 14.7 Å². The highest BCUT2D eigenvalue weighted by atomic mass is 16.4. The Morgan fingerprint density at radius 2 is 1.77 bits per heavy atom. The summed E-state index contributed by atoms with van der Waals surface area (Å²) in [6.45, 7) is 4.15. The third-order valence-corrected chi connectivity index (χ3v) is 5.46. The van der Waals surface area contributed by atoms with Gasteiger partial charge in [0.1, 0.15) is 11.4 Å². The fraction of sp³-hybridized carbons (Fsp3) is 0.261. The van der Waals surface area contributed by atoms with Crippen molar-refractivity contribution in [2.24, 2.45) is 0 Å². The lowest BCUT2D eigenvalue weighted by molar-refractivity contribution is -0.139. The Morgan fingerprint density at radius 1 is 1.13 bits per heavy atom. The highest BCUT2D eigenvalue weighted by molar-refractivity contribution is 6.00. The highest BCUT2D eigenvalue weighted by Gasteiger charge is 2.37. The number of aromatic nitrogens is 2. The summed E-state index contributed by atoms with van der Waals surface area (Å²) >= 11 is 0. The van der Waals surface area contributed by atoms with Gasteiger partial charge >= 0.3 is 5.97 Å². The Balaban J connectivity index is 1.65. The Hall–Kier alpha value is -3.61. The first-order chi connectivity index (χ1) is 14.4. The molecule has 1 unspecified atom stereocenters. The number of carboxylic acid groups (broad SMARTS) is 1. The first-order valence-corrected chi connectivity index (χ1v) is 9.85. The maximum atomic E-state index is 13.1. The summed E-state index contributed by atoms with van der Waals surface area (Å²) < 4.78 is 1.81. The molecule has 0 bridgehead atoms. The van der Waals surface area contributed by atoms with Crippen LogP contribution in [0.15, 0.2) is 66.9 Å². The lowest BCUT2D eigenvalue weighted by atomic mass is 9.89. The lowest BCUT2D eigenvalue weighted by Gasteiger charge is -2.38. The monoisotopic (exact) mass is 404 g/mol. The van der Waals surface area contributed by atoms with Crippen molar-refractivity contribution in [3.8, 4) is 0 Å². The molecule has 1 aliphatic rings. The third kappa shape index (κ3) is 3.66. The second-order valence-electron chi connectivity index (χ2n) is 8.10. The molecule has 7 heteroatoms. The van der Waals surface area contributed by atoms with Gasteiger partial charge in [0.15, 0.2) is 6.04 Å². The molecule has 0 spiro atoms. The minimum Gasteiger partial charge on any atom is -0.479 e. The molecule has 0 saturated heterocycles. The number of anilines is 1. The van der Waals surface area contributed by atoms with Crippen LogP contribution in [-0.4, -0.2) is 26.8 Å². The molecule has 3 N–H and O–H groups in total. The van der Waals surface area contributed by atoms with Crippen molar-refractivity contribution in [1.29, 1.82) is 0 Å². The number of benzene rings is 2. The fourth-order valence-electron chi connectivity index (χ4n) is 3.94. The Labute approximate surface area is 174 Å². The van der Waals surface area contributed by atoms with Crippen LogP contribution in [0.2, 0.25) is 0 Å². The first kappa shape index (κ1) is 19.7. The number of aliphatic carboxylic acids is 1. The van der Waals surface area contributed by atoms with Crippen molar-refractivity contribution in [3.63, 3.8) is 0 Å². The lowest BCUT2D eigenvalue weighted by Crippen LogP contribution is -2.39. The van der Waals surface area contributed by atoms with E-state index in [2.05, 4.69) is 41.7 Å². The molecular weight excluding hydrogens is 380 g/mol. The summed E-state index contributed by atoms with van der Waals surface area (Å²) in [6, 6.07) is 17.6. The number of hydrogen-bond donors (Lipinski definition) is 3. The van der Waals surface area contributed by atoms with Gasteiger partial charge < -0.3 is 15.7 Å². The maximum Gasteiger partial charge on any atom is 0.330 e. The van der Waals surface area contributed by atoms with E-state index in [1.54, 1.807) is 35.0 Å². The molecule has 0 fully saturated rings. The van der Waals surface area contributed by atoms with Crippen LogP contribution in [0, 0.1) is 0 Å². The standard InChI is InChI=1S/C23H24N4O3/c1-23(2)13-18(15-9-5-3-6-10-15)25-20-17(14-24-27(20)23)21(28)26-19(22(29)30)16-11-7-4-8-12-16/h3-12,14,18-19,25H,13H2,1-2H3,(H,26,28)(H,29,30)/t18?,19-/m1/s1. The SMILES string of the molecule is CC1(C)CC(c2ccccc2)Nc2c(C(=O)N[C@@H](C(=O)O)c3ccccc3)cnn21. The Morgan fingerprint density at radius 3 is 2.40 bits per heavy atom. The average Bonchev–Trinajstić information content (AvgIpc) is 3.18. The molecule has 2 aromatic carbocycles. The molecule has 4 rings (SSSR count). The van der Waals surface area contributed by atoms with Crippen LogP contribution in [-0.2, 0) is 10.3 Å². The fourth-order valence-corrected chi connectivity index (χ4v) is 3.94. The van der Waals surface area contributed by atoms with Gasteiger partial charge in [-0.1, -0.05) is 60.7 Å². The van der Waals surface area contributed by atoms with Gasteiger partial charge in [0.2, 0.25) is 0 Å². The van der Waals surface area contributed by atoms with Crippen LogP contribution in [0.5, 0.6) is 0 Å². The molecule has 154 valence electrons. The van der Waals surface area contributed by atoms with Gasteiger partial charge in [-0.3, -0.25) is 4.79 Å². The van der Waals surface area contributed by atoms with Crippen LogP contribution in [0.1, 0.15) is 53.8 Å². The molecule has 2 atom stereocenters. The van der Waals surface area contributed by atoms with Crippen molar-refractivity contribution < 1.29 is 14.7 Å². The summed E-state index contributed by atoms with van der Waals surface area (Å²) in [5.74, 6) is -1.01. The summed E-state index contributed by atoms with van der Waals surface area (Å²) in [7, 11) is 0. The zero-order valence-electron chi connectivity index (χ0n) is 16.9. The van der Waals surface area contributed by atoms with Gasteiger partial charge in [-0.05, 0) is 31.4 Å². The summed E-state index contributed by atoms with van der Waals surface area (Å²) in [5, 5.41) is 20.1. The minimum absolute atomic E-state index is 0.0151. The van der Waals surface area contributed by atoms with Gasteiger partial charge in [0.05, 0.1) is 17.8 Å². The Kier molecular flexibility index (Phi) is 5.03. The van der Waals surface area contributed by atoms with Crippen LogP contribution in [0.4, 0.5) is 5.82 Å². The number of amides is 1. The predicted octanol–water partition coefficient (Wildman–Crippen LogP) is 3.73. The second kappa shape index (κ2) is 7.67. The van der Waals surface area contributed by atoms with Gasteiger partial charge in [0, 0.05) is 0 Å². The van der Waals surface area contributed by atoms with E-state index in [1.807, 2.05) is 18.2 Å². The number of fused-ring (bicyclic) bond motifs is 1. The molecule has 0 saturated carbocycles. The second-order valence-corrected chi connectivity index (χ2v) is 8.10. The average molecular weight is 404 g/mol. The maximum absolute atomic E-state index is 13.1. The number of rotatable bonds is 5. The van der Waals surface area contributed by atoms with Crippen LogP contribution in [0.3, 0.4) is 0 Å². The number of nitrogens with one attached hydrogen (secondary N) is 2. The normalized spacial score (nSPS) is 18.0. The van der Waals surface area contributed by atoms with Crippen molar-refractivity contribution in [2.75, 3.05) is 5.32 Å². The van der Waals surface area contributed by atoms with Crippen molar-refractivity contribution in [2.45, 2.75) is 37.9 Å². The third-order valence-electron chi connectivity index (χ3n) is 5.46. The summed E-state index contributed by atoms with van der Waals surface area (Å²) in [6.07, 6.45) is 2.30. The molecule has 3 aromatic rings. The number of hydrogen-bond acceptors (Lipinski definition) is 4. The van der Waals surface area contributed by atoms with Gasteiger partial charge in [-0.25, -0.2) is 9.48 Å². The number of nitrogens with zero attached hydrogens (tertiary/aromatic N) is 2.